The molecule has 0 aliphatic rings. The molecule has 6 nitrogen and oxygen atoms in total. The van der Waals surface area contributed by atoms with E-state index >= 15 is 0 Å². The van der Waals surface area contributed by atoms with E-state index in [2.05, 4.69) is 43.7 Å². The zero-order valence-corrected chi connectivity index (χ0v) is 12.6. The van der Waals surface area contributed by atoms with Crippen LogP contribution in [0.1, 0.15) is 0 Å². The van der Waals surface area contributed by atoms with Crippen molar-refractivity contribution in [2.24, 2.45) is 0 Å². The monoisotopic (exact) mass is 319 g/mol. The third-order valence-electron chi connectivity index (χ3n) is 3.62. The third-order valence-corrected chi connectivity index (χ3v) is 4.52. The van der Waals surface area contributed by atoms with E-state index in [1.165, 1.54) is 10.1 Å². The molecule has 0 saturated carbocycles. The maximum Gasteiger partial charge on any atom is 0.277 e. The zero-order valence-electron chi connectivity index (χ0n) is 11.7. The summed E-state index contributed by atoms with van der Waals surface area (Å²) in [6, 6.07) is 10.0. The standard InChI is InChI=1S/C16H9N5OS/c1-2-13-10(4-8-23-13)9-11(1)14-19-15(22-20-14)12-3-6-21-7-5-17-16(21)18-12/h1-9H. The highest BCUT2D eigenvalue weighted by atomic mass is 32.1. The van der Waals surface area contributed by atoms with Gasteiger partial charge in [-0.2, -0.15) is 4.98 Å². The molecule has 0 bridgehead atoms. The molecule has 23 heavy (non-hydrogen) atoms. The van der Waals surface area contributed by atoms with Gasteiger partial charge in [0.1, 0.15) is 5.69 Å². The van der Waals surface area contributed by atoms with Gasteiger partial charge in [-0.15, -0.1) is 11.3 Å². The second-order valence-electron chi connectivity index (χ2n) is 5.04. The Morgan fingerprint density at radius 1 is 1.04 bits per heavy atom. The summed E-state index contributed by atoms with van der Waals surface area (Å²) in [5.41, 5.74) is 1.53. The molecule has 5 rings (SSSR count). The summed E-state index contributed by atoms with van der Waals surface area (Å²) in [6.45, 7) is 0. The van der Waals surface area contributed by atoms with E-state index in [0.717, 1.165) is 5.56 Å². The molecule has 5 aromatic rings. The second kappa shape index (κ2) is 4.72. The van der Waals surface area contributed by atoms with Crippen molar-refractivity contribution < 1.29 is 4.52 Å². The first-order chi connectivity index (χ1) is 11.4. The van der Waals surface area contributed by atoms with Crippen LogP contribution < -0.4 is 0 Å². The highest BCUT2D eigenvalue weighted by molar-refractivity contribution is 7.17. The summed E-state index contributed by atoms with van der Waals surface area (Å²) in [6.07, 6.45) is 5.40. The summed E-state index contributed by atoms with van der Waals surface area (Å²) < 4.78 is 8.43. The Hall–Kier alpha value is -3.06. The Bertz CT molecular complexity index is 1050. The molecule has 0 fully saturated rings. The van der Waals surface area contributed by atoms with Gasteiger partial charge >= 0.3 is 0 Å². The molecule has 110 valence electrons. The van der Waals surface area contributed by atoms with Crippen LogP contribution in [0.3, 0.4) is 0 Å². The van der Waals surface area contributed by atoms with Crippen LogP contribution in [0.15, 0.2) is 58.8 Å². The van der Waals surface area contributed by atoms with E-state index in [-0.39, 0.29) is 0 Å². The summed E-state index contributed by atoms with van der Waals surface area (Å²) >= 11 is 1.71. The van der Waals surface area contributed by atoms with Gasteiger partial charge in [-0.1, -0.05) is 5.16 Å². The van der Waals surface area contributed by atoms with Crippen molar-refractivity contribution in [2.75, 3.05) is 0 Å². The van der Waals surface area contributed by atoms with Gasteiger partial charge in [0.05, 0.1) is 0 Å². The van der Waals surface area contributed by atoms with Crippen LogP contribution in [-0.4, -0.2) is 24.5 Å². The molecular formula is C16H9N5OS. The maximum absolute atomic E-state index is 5.37. The lowest BCUT2D eigenvalue weighted by Crippen LogP contribution is -1.90. The van der Waals surface area contributed by atoms with Crippen molar-refractivity contribution in [1.82, 2.24) is 24.5 Å². The fourth-order valence-electron chi connectivity index (χ4n) is 2.47. The molecule has 0 spiro atoms. The third kappa shape index (κ3) is 2.01. The van der Waals surface area contributed by atoms with Gasteiger partial charge in [-0.3, -0.25) is 4.40 Å². The highest BCUT2D eigenvalue weighted by Gasteiger charge is 2.13. The first-order valence-electron chi connectivity index (χ1n) is 6.98. The van der Waals surface area contributed by atoms with Crippen LogP contribution in [0.25, 0.3) is 38.8 Å². The molecule has 0 N–H and O–H groups in total. The van der Waals surface area contributed by atoms with E-state index in [1.54, 1.807) is 17.5 Å². The SMILES string of the molecule is c1cn2ccc(-c3nc(-c4ccc5sccc5c4)no3)nc2n1. The number of nitrogens with zero attached hydrogens (tertiary/aromatic N) is 5. The normalized spacial score (nSPS) is 11.5. The van der Waals surface area contributed by atoms with Gasteiger partial charge < -0.3 is 4.52 Å². The average molecular weight is 319 g/mol. The molecule has 0 aliphatic carbocycles. The lowest BCUT2D eigenvalue weighted by atomic mass is 10.1. The zero-order chi connectivity index (χ0) is 15.2. The van der Waals surface area contributed by atoms with Gasteiger partial charge in [-0.25, -0.2) is 9.97 Å². The van der Waals surface area contributed by atoms with Gasteiger partial charge in [0.25, 0.3) is 5.89 Å². The molecule has 0 saturated heterocycles. The molecule has 0 atom stereocenters. The van der Waals surface area contributed by atoms with Crippen LogP contribution in [0.2, 0.25) is 0 Å². The minimum atomic E-state index is 0.385. The maximum atomic E-state index is 5.37. The molecule has 0 radical (unpaired) electrons. The quantitative estimate of drug-likeness (QED) is 0.496. The first kappa shape index (κ1) is 12.5. The fraction of sp³-hybridized carbons (Fsp3) is 0. The van der Waals surface area contributed by atoms with Gasteiger partial charge in [-0.05, 0) is 41.1 Å². The molecule has 0 unspecified atom stereocenters. The minimum absolute atomic E-state index is 0.385. The topological polar surface area (TPSA) is 69.1 Å². The number of aromatic nitrogens is 5. The predicted octanol–water partition coefficient (Wildman–Crippen LogP) is 3.66. The van der Waals surface area contributed by atoms with Crippen LogP contribution in [0.4, 0.5) is 0 Å². The summed E-state index contributed by atoms with van der Waals surface area (Å²) in [5, 5.41) is 7.32. The van der Waals surface area contributed by atoms with Gasteiger partial charge in [0, 0.05) is 28.9 Å². The number of hydrogen-bond acceptors (Lipinski definition) is 6. The van der Waals surface area contributed by atoms with Crippen molar-refractivity contribution in [1.29, 1.82) is 0 Å². The van der Waals surface area contributed by atoms with Crippen molar-refractivity contribution in [2.45, 2.75) is 0 Å². The summed E-state index contributed by atoms with van der Waals surface area (Å²) in [4.78, 5) is 13.0. The van der Waals surface area contributed by atoms with Crippen LogP contribution in [0.5, 0.6) is 0 Å². The van der Waals surface area contributed by atoms with Crippen LogP contribution in [0, 0.1) is 0 Å². The van der Waals surface area contributed by atoms with E-state index in [1.807, 2.05) is 28.9 Å². The Morgan fingerprint density at radius 2 is 2.04 bits per heavy atom. The van der Waals surface area contributed by atoms with Crippen molar-refractivity contribution in [3.8, 4) is 23.0 Å². The van der Waals surface area contributed by atoms with E-state index in [9.17, 15) is 0 Å². The number of rotatable bonds is 2. The number of thiophene rings is 1. The average Bonchev–Trinajstić information content (AvgIpc) is 3.32. The molecule has 0 amide bonds. The molecule has 4 aromatic heterocycles. The lowest BCUT2D eigenvalue weighted by Gasteiger charge is -1.95. The Morgan fingerprint density at radius 3 is 3.04 bits per heavy atom. The number of fused-ring (bicyclic) bond motifs is 2. The van der Waals surface area contributed by atoms with Crippen LogP contribution >= 0.6 is 11.3 Å². The molecule has 0 aliphatic heterocycles. The van der Waals surface area contributed by atoms with E-state index < -0.39 is 0 Å². The molecule has 4 heterocycles. The second-order valence-corrected chi connectivity index (χ2v) is 5.99. The van der Waals surface area contributed by atoms with E-state index in [4.69, 9.17) is 4.52 Å². The Labute approximate surface area is 134 Å². The largest absolute Gasteiger partial charge is 0.332 e. The Kier molecular flexibility index (Phi) is 2.56. The lowest BCUT2D eigenvalue weighted by molar-refractivity contribution is 0.431. The molecule has 7 heteroatoms. The highest BCUT2D eigenvalue weighted by Crippen LogP contribution is 2.27. The van der Waals surface area contributed by atoms with Crippen molar-refractivity contribution >= 4 is 27.2 Å². The summed E-state index contributed by atoms with van der Waals surface area (Å²) in [5.74, 6) is 1.54. The minimum Gasteiger partial charge on any atom is -0.332 e. The predicted molar refractivity (Wildman–Crippen MR) is 87.1 cm³/mol. The number of hydrogen-bond donors (Lipinski definition) is 0. The number of imidazole rings is 1. The van der Waals surface area contributed by atoms with Crippen molar-refractivity contribution in [3.05, 3.63) is 54.3 Å². The number of benzene rings is 1. The molecule has 1 aromatic carbocycles. The van der Waals surface area contributed by atoms with E-state index in [0.29, 0.717) is 23.2 Å². The van der Waals surface area contributed by atoms with Gasteiger partial charge in [0.2, 0.25) is 11.6 Å². The first-order valence-corrected chi connectivity index (χ1v) is 7.86. The smallest absolute Gasteiger partial charge is 0.277 e. The summed E-state index contributed by atoms with van der Waals surface area (Å²) in [7, 11) is 0. The Balaban J connectivity index is 1.58. The molecular weight excluding hydrogens is 310 g/mol. The van der Waals surface area contributed by atoms with Gasteiger partial charge in [0.15, 0.2) is 0 Å². The van der Waals surface area contributed by atoms with Crippen molar-refractivity contribution in [3.63, 3.8) is 0 Å². The van der Waals surface area contributed by atoms with Crippen LogP contribution in [-0.2, 0) is 0 Å². The fourth-order valence-corrected chi connectivity index (χ4v) is 3.24.